The summed E-state index contributed by atoms with van der Waals surface area (Å²) in [5, 5.41) is 7.23. The van der Waals surface area contributed by atoms with E-state index in [0.29, 0.717) is 39.2 Å². The van der Waals surface area contributed by atoms with Gasteiger partial charge in [-0.05, 0) is 73.2 Å². The molecule has 0 aliphatic rings. The Morgan fingerprint density at radius 2 is 1.64 bits per heavy atom. The predicted octanol–water partition coefficient (Wildman–Crippen LogP) is 5.12. The highest BCUT2D eigenvalue weighted by Crippen LogP contribution is 2.27. The lowest BCUT2D eigenvalue weighted by atomic mass is 10.1. The van der Waals surface area contributed by atoms with Crippen LogP contribution in [0.25, 0.3) is 22.8 Å². The number of carbonyl (C=O) groups is 1. The molecule has 4 rings (SSSR count). The first kappa shape index (κ1) is 22.5. The minimum Gasteiger partial charge on any atom is -0.334 e. The quantitative estimate of drug-likeness (QED) is 0.394. The van der Waals surface area contributed by atoms with Gasteiger partial charge < -0.3 is 9.84 Å². The second-order valence-corrected chi connectivity index (χ2v) is 9.39. The molecular formula is C23H19ClN4O4S. The summed E-state index contributed by atoms with van der Waals surface area (Å²) in [6, 6.07) is 17.9. The van der Waals surface area contributed by atoms with E-state index in [-0.39, 0.29) is 10.8 Å². The van der Waals surface area contributed by atoms with Gasteiger partial charge >= 0.3 is 0 Å². The van der Waals surface area contributed by atoms with Crippen LogP contribution in [0.5, 0.6) is 0 Å². The number of aryl methyl sites for hydroxylation is 1. The maximum absolute atomic E-state index is 12.5. The van der Waals surface area contributed by atoms with Crippen molar-refractivity contribution in [1.82, 2.24) is 10.1 Å². The van der Waals surface area contributed by atoms with Gasteiger partial charge in [0.15, 0.2) is 0 Å². The van der Waals surface area contributed by atoms with Gasteiger partial charge in [0, 0.05) is 34.4 Å². The van der Waals surface area contributed by atoms with Crippen molar-refractivity contribution in [2.24, 2.45) is 0 Å². The van der Waals surface area contributed by atoms with Crippen LogP contribution < -0.4 is 10.0 Å². The Morgan fingerprint density at radius 1 is 0.970 bits per heavy atom. The number of benzene rings is 3. The molecule has 168 valence electrons. The molecule has 0 spiro atoms. The number of nitrogens with zero attached hydrogens (tertiary/aromatic N) is 2. The second kappa shape index (κ2) is 9.05. The van der Waals surface area contributed by atoms with Crippen LogP contribution in [-0.2, 0) is 14.8 Å². The van der Waals surface area contributed by atoms with Crippen molar-refractivity contribution in [1.29, 1.82) is 0 Å². The monoisotopic (exact) mass is 482 g/mol. The summed E-state index contributed by atoms with van der Waals surface area (Å²) < 4.78 is 33.0. The number of anilines is 2. The highest BCUT2D eigenvalue weighted by Gasteiger charge is 2.15. The number of rotatable bonds is 6. The van der Waals surface area contributed by atoms with Gasteiger partial charge in [-0.1, -0.05) is 22.8 Å². The molecule has 0 saturated carbocycles. The summed E-state index contributed by atoms with van der Waals surface area (Å²) in [5.74, 6) is 0.469. The summed E-state index contributed by atoms with van der Waals surface area (Å²) in [5.41, 5.74) is 3.27. The number of carbonyl (C=O) groups excluding carboxylic acids is 1. The van der Waals surface area contributed by atoms with E-state index < -0.39 is 10.0 Å². The van der Waals surface area contributed by atoms with Crippen molar-refractivity contribution in [2.75, 3.05) is 10.0 Å². The van der Waals surface area contributed by atoms with Crippen molar-refractivity contribution < 1.29 is 17.7 Å². The van der Waals surface area contributed by atoms with Gasteiger partial charge in [-0.3, -0.25) is 9.52 Å². The van der Waals surface area contributed by atoms with E-state index in [4.69, 9.17) is 16.1 Å². The topological polar surface area (TPSA) is 114 Å². The van der Waals surface area contributed by atoms with Crippen LogP contribution in [-0.4, -0.2) is 24.5 Å². The average Bonchev–Trinajstić information content (AvgIpc) is 3.26. The summed E-state index contributed by atoms with van der Waals surface area (Å²) >= 11 is 5.82. The number of sulfonamides is 1. The Balaban J connectivity index is 1.53. The lowest BCUT2D eigenvalue weighted by Gasteiger charge is -2.08. The van der Waals surface area contributed by atoms with Crippen molar-refractivity contribution in [3.8, 4) is 22.8 Å². The lowest BCUT2D eigenvalue weighted by Crippen LogP contribution is -2.12. The van der Waals surface area contributed by atoms with Gasteiger partial charge in [0.1, 0.15) is 0 Å². The molecule has 0 fully saturated rings. The Bertz CT molecular complexity index is 1420. The Kier molecular flexibility index (Phi) is 6.17. The van der Waals surface area contributed by atoms with Crippen LogP contribution >= 0.6 is 11.6 Å². The average molecular weight is 483 g/mol. The number of halogens is 1. The SMILES string of the molecule is CC(=O)Nc1cc(-c2nc(-c3ccc(NS(=O)(=O)c4ccc(Cl)cc4)cc3)no2)ccc1C. The minimum atomic E-state index is -3.74. The van der Waals surface area contributed by atoms with Crippen molar-refractivity contribution >= 4 is 38.9 Å². The lowest BCUT2D eigenvalue weighted by molar-refractivity contribution is -0.114. The number of aromatic nitrogens is 2. The minimum absolute atomic E-state index is 0.107. The van der Waals surface area contributed by atoms with Gasteiger partial charge in [-0.25, -0.2) is 8.42 Å². The molecule has 1 amide bonds. The third-order valence-corrected chi connectivity index (χ3v) is 6.39. The molecule has 3 aromatic carbocycles. The van der Waals surface area contributed by atoms with Crippen molar-refractivity contribution in [3.63, 3.8) is 0 Å². The summed E-state index contributed by atoms with van der Waals surface area (Å²) in [7, 11) is -3.74. The fraction of sp³-hybridized carbons (Fsp3) is 0.0870. The molecule has 33 heavy (non-hydrogen) atoms. The molecule has 0 atom stereocenters. The van der Waals surface area contributed by atoms with E-state index in [1.54, 1.807) is 30.3 Å². The van der Waals surface area contributed by atoms with Crippen LogP contribution in [0.2, 0.25) is 5.02 Å². The third-order valence-electron chi connectivity index (χ3n) is 4.74. The fourth-order valence-electron chi connectivity index (χ4n) is 3.05. The standard InChI is InChI=1S/C23H19ClN4O4S/c1-14-3-4-17(13-21(14)25-15(2)29)23-26-22(27-32-23)16-5-9-19(10-6-16)28-33(30,31)20-11-7-18(24)8-12-20/h3-13,28H,1-2H3,(H,25,29). The summed E-state index contributed by atoms with van der Waals surface area (Å²) in [6.45, 7) is 3.33. The van der Waals surface area contributed by atoms with Crippen molar-refractivity contribution in [3.05, 3.63) is 77.3 Å². The largest absolute Gasteiger partial charge is 0.334 e. The molecule has 0 bridgehead atoms. The van der Waals surface area contributed by atoms with Crippen LogP contribution in [0.15, 0.2) is 76.1 Å². The van der Waals surface area contributed by atoms with Crippen LogP contribution in [0.3, 0.4) is 0 Å². The fourth-order valence-corrected chi connectivity index (χ4v) is 4.24. The second-order valence-electron chi connectivity index (χ2n) is 7.27. The predicted molar refractivity (Wildman–Crippen MR) is 126 cm³/mol. The first-order valence-electron chi connectivity index (χ1n) is 9.82. The Morgan fingerprint density at radius 3 is 2.30 bits per heavy atom. The molecule has 0 saturated heterocycles. The molecule has 0 unspecified atom stereocenters. The molecule has 2 N–H and O–H groups in total. The van der Waals surface area contributed by atoms with Crippen molar-refractivity contribution in [2.45, 2.75) is 18.7 Å². The van der Waals surface area contributed by atoms with E-state index >= 15 is 0 Å². The summed E-state index contributed by atoms with van der Waals surface area (Å²) in [4.78, 5) is 15.9. The van der Waals surface area contributed by atoms with Crippen LogP contribution in [0.4, 0.5) is 11.4 Å². The molecule has 1 aromatic heterocycles. The van der Waals surface area contributed by atoms with Gasteiger partial charge in [-0.2, -0.15) is 4.98 Å². The number of hydrogen-bond donors (Lipinski definition) is 2. The number of amides is 1. The van der Waals surface area contributed by atoms with E-state index in [1.807, 2.05) is 19.1 Å². The van der Waals surface area contributed by atoms with E-state index in [0.717, 1.165) is 5.56 Å². The highest BCUT2D eigenvalue weighted by atomic mass is 35.5. The molecule has 0 aliphatic carbocycles. The zero-order valence-corrected chi connectivity index (χ0v) is 19.2. The molecule has 0 aliphatic heterocycles. The van der Waals surface area contributed by atoms with E-state index in [1.165, 1.54) is 31.2 Å². The van der Waals surface area contributed by atoms with Gasteiger partial charge in [0.25, 0.3) is 15.9 Å². The Labute approximate surface area is 195 Å². The highest BCUT2D eigenvalue weighted by molar-refractivity contribution is 7.92. The normalized spacial score (nSPS) is 11.2. The molecular weight excluding hydrogens is 464 g/mol. The first-order chi connectivity index (χ1) is 15.7. The number of hydrogen-bond acceptors (Lipinski definition) is 6. The number of nitrogens with one attached hydrogen (secondary N) is 2. The van der Waals surface area contributed by atoms with E-state index in [2.05, 4.69) is 20.2 Å². The maximum Gasteiger partial charge on any atom is 0.261 e. The summed E-state index contributed by atoms with van der Waals surface area (Å²) in [6.07, 6.45) is 0. The Hall–Kier alpha value is -3.69. The molecule has 10 heteroatoms. The zero-order chi connectivity index (χ0) is 23.6. The zero-order valence-electron chi connectivity index (χ0n) is 17.7. The van der Waals surface area contributed by atoms with Gasteiger partial charge in [0.05, 0.1) is 4.90 Å². The molecule has 8 nitrogen and oxygen atoms in total. The molecule has 0 radical (unpaired) electrons. The van der Waals surface area contributed by atoms with Gasteiger partial charge in [-0.15, -0.1) is 0 Å². The first-order valence-corrected chi connectivity index (χ1v) is 11.7. The maximum atomic E-state index is 12.5. The third kappa shape index (κ3) is 5.21. The smallest absolute Gasteiger partial charge is 0.261 e. The molecule has 4 aromatic rings. The van der Waals surface area contributed by atoms with Crippen LogP contribution in [0, 0.1) is 6.92 Å². The molecule has 1 heterocycles. The van der Waals surface area contributed by atoms with Crippen LogP contribution in [0.1, 0.15) is 12.5 Å². The van der Waals surface area contributed by atoms with E-state index in [9.17, 15) is 13.2 Å². The van der Waals surface area contributed by atoms with Gasteiger partial charge in [0.2, 0.25) is 11.7 Å².